The third kappa shape index (κ3) is 7.95. The number of carbonyl (C=O) groups is 2. The predicted molar refractivity (Wildman–Crippen MR) is 135 cm³/mol. The maximum Gasteiger partial charge on any atom is 0.246 e. The van der Waals surface area contributed by atoms with Crippen LogP contribution in [0.15, 0.2) is 24.3 Å². The Bertz CT molecular complexity index is 867. The monoisotopic (exact) mass is 511 g/mol. The minimum Gasteiger partial charge on any atom is -0.392 e. The maximum atomic E-state index is 12.6. The van der Waals surface area contributed by atoms with E-state index in [1.165, 1.54) is 6.08 Å². The number of unbranched alkanes of at least 4 members (excludes halogenated alkanes) is 1. The fraction of sp³-hybridized carbons (Fsp3) is 0.600. The number of nitrogens with zero attached hydrogens (tertiary/aromatic N) is 3. The molecule has 3 rings (SSSR count). The zero-order valence-corrected chi connectivity index (χ0v) is 21.3. The Morgan fingerprint density at radius 2 is 1.94 bits per heavy atom. The summed E-state index contributed by atoms with van der Waals surface area (Å²) in [6.07, 6.45) is 6.91. The summed E-state index contributed by atoms with van der Waals surface area (Å²) >= 11 is 12.0. The van der Waals surface area contributed by atoms with Crippen LogP contribution in [0.25, 0.3) is 6.08 Å². The lowest BCUT2D eigenvalue weighted by Gasteiger charge is -2.37. The Morgan fingerprint density at radius 3 is 2.71 bits per heavy atom. The van der Waals surface area contributed by atoms with Crippen molar-refractivity contribution in [1.29, 1.82) is 0 Å². The second kappa shape index (κ2) is 13.4. The second-order valence-corrected chi connectivity index (χ2v) is 9.82. The Morgan fingerprint density at radius 1 is 1.15 bits per heavy atom. The number of amides is 2. The molecule has 0 aliphatic carbocycles. The zero-order valence-electron chi connectivity index (χ0n) is 19.8. The molecule has 9 heteroatoms. The molecule has 2 amide bonds. The van der Waals surface area contributed by atoms with E-state index in [1.807, 2.05) is 4.90 Å². The van der Waals surface area contributed by atoms with Gasteiger partial charge in [-0.25, -0.2) is 0 Å². The standard InChI is InChI=1S/C25H35Cl2N3O4/c1-34-18-20-6-7-21(31)17-30(20)12-3-2-11-28-14-15-29(13-10-25(28)33)24(32)9-5-19-4-8-22(26)23(27)16-19/h4-5,8-9,16,20-21,31H,2-3,6-7,10-15,17-18H2,1H3/b9-5+. The number of methoxy groups -OCH3 is 1. The largest absolute Gasteiger partial charge is 0.392 e. The highest BCUT2D eigenvalue weighted by atomic mass is 35.5. The van der Waals surface area contributed by atoms with Crippen LogP contribution >= 0.6 is 23.2 Å². The summed E-state index contributed by atoms with van der Waals surface area (Å²) in [7, 11) is 1.71. The van der Waals surface area contributed by atoms with E-state index in [9.17, 15) is 14.7 Å². The molecule has 188 valence electrons. The Balaban J connectivity index is 1.43. The number of β-amino-alcohol motifs (C(OH)–C–C–N with tert-alkyl or cyclic N) is 1. The molecule has 2 saturated heterocycles. The van der Waals surface area contributed by atoms with Crippen molar-refractivity contribution < 1.29 is 19.4 Å². The van der Waals surface area contributed by atoms with E-state index in [4.69, 9.17) is 27.9 Å². The van der Waals surface area contributed by atoms with Crippen molar-refractivity contribution in [3.63, 3.8) is 0 Å². The summed E-state index contributed by atoms with van der Waals surface area (Å²) < 4.78 is 5.33. The van der Waals surface area contributed by atoms with E-state index in [2.05, 4.69) is 4.90 Å². The molecule has 0 spiro atoms. The van der Waals surface area contributed by atoms with Crippen molar-refractivity contribution in [2.75, 3.05) is 53.0 Å². The van der Waals surface area contributed by atoms with Gasteiger partial charge in [0.15, 0.2) is 0 Å². The van der Waals surface area contributed by atoms with Gasteiger partial charge in [-0.15, -0.1) is 0 Å². The highest BCUT2D eigenvalue weighted by Gasteiger charge is 2.27. The molecule has 2 heterocycles. The van der Waals surface area contributed by atoms with Crippen molar-refractivity contribution in [3.05, 3.63) is 39.9 Å². The summed E-state index contributed by atoms with van der Waals surface area (Å²) in [6.45, 7) is 4.42. The van der Waals surface area contributed by atoms with Gasteiger partial charge in [-0.05, 0) is 56.0 Å². The number of likely N-dealkylation sites (tertiary alicyclic amines) is 1. The van der Waals surface area contributed by atoms with E-state index in [0.717, 1.165) is 37.8 Å². The van der Waals surface area contributed by atoms with Crippen LogP contribution in [0.5, 0.6) is 0 Å². The van der Waals surface area contributed by atoms with Crippen molar-refractivity contribution >= 4 is 41.1 Å². The average Bonchev–Trinajstić information content (AvgIpc) is 3.00. The van der Waals surface area contributed by atoms with Gasteiger partial charge >= 0.3 is 0 Å². The Hall–Kier alpha value is -1.64. The van der Waals surface area contributed by atoms with E-state index >= 15 is 0 Å². The summed E-state index contributed by atoms with van der Waals surface area (Å²) in [5, 5.41) is 10.9. The minimum atomic E-state index is -0.269. The van der Waals surface area contributed by atoms with Crippen LogP contribution < -0.4 is 0 Å². The van der Waals surface area contributed by atoms with Crippen LogP contribution in [-0.2, 0) is 14.3 Å². The number of aliphatic hydroxyl groups is 1. The van der Waals surface area contributed by atoms with Gasteiger partial charge in [0.2, 0.25) is 11.8 Å². The maximum absolute atomic E-state index is 12.6. The molecule has 2 aliphatic heterocycles. The summed E-state index contributed by atoms with van der Waals surface area (Å²) in [4.78, 5) is 31.1. The van der Waals surface area contributed by atoms with Gasteiger partial charge in [0.05, 0.1) is 22.8 Å². The molecule has 2 atom stereocenters. The molecule has 1 aromatic carbocycles. The number of benzene rings is 1. The lowest BCUT2D eigenvalue weighted by molar-refractivity contribution is -0.130. The van der Waals surface area contributed by atoms with Crippen LogP contribution in [0.3, 0.4) is 0 Å². The Kier molecular flexibility index (Phi) is 10.7. The van der Waals surface area contributed by atoms with Gasteiger partial charge in [0.25, 0.3) is 0 Å². The van der Waals surface area contributed by atoms with Crippen LogP contribution in [0.4, 0.5) is 0 Å². The number of piperidine rings is 1. The van der Waals surface area contributed by atoms with Crippen molar-refractivity contribution in [2.45, 2.75) is 44.2 Å². The molecule has 0 aromatic heterocycles. The fourth-order valence-corrected chi connectivity index (χ4v) is 4.87. The lowest BCUT2D eigenvalue weighted by Crippen LogP contribution is -2.48. The fourth-order valence-electron chi connectivity index (χ4n) is 4.56. The third-order valence-corrected chi connectivity index (χ3v) is 7.28. The second-order valence-electron chi connectivity index (χ2n) is 9.01. The van der Waals surface area contributed by atoms with Crippen molar-refractivity contribution in [1.82, 2.24) is 14.7 Å². The SMILES string of the molecule is COCC1CCC(O)CN1CCCCN1CCN(C(=O)/C=C/c2ccc(Cl)c(Cl)c2)CCC1=O. The molecule has 34 heavy (non-hydrogen) atoms. The van der Waals surface area contributed by atoms with Gasteiger partial charge in [0.1, 0.15) is 0 Å². The first-order valence-electron chi connectivity index (χ1n) is 12.0. The highest BCUT2D eigenvalue weighted by molar-refractivity contribution is 6.42. The molecule has 2 aliphatic rings. The first kappa shape index (κ1) is 27.0. The minimum absolute atomic E-state index is 0.0921. The summed E-state index contributed by atoms with van der Waals surface area (Å²) in [5.74, 6) is -0.0250. The highest BCUT2D eigenvalue weighted by Crippen LogP contribution is 2.23. The summed E-state index contributed by atoms with van der Waals surface area (Å²) in [5.41, 5.74) is 0.796. The normalized spacial score (nSPS) is 22.4. The average molecular weight is 512 g/mol. The molecule has 0 saturated carbocycles. The molecule has 2 fully saturated rings. The Labute approximate surface area is 212 Å². The van der Waals surface area contributed by atoms with Crippen molar-refractivity contribution in [2.24, 2.45) is 0 Å². The van der Waals surface area contributed by atoms with Gasteiger partial charge in [-0.2, -0.15) is 0 Å². The van der Waals surface area contributed by atoms with Crippen LogP contribution in [0.2, 0.25) is 10.0 Å². The molecule has 2 unspecified atom stereocenters. The lowest BCUT2D eigenvalue weighted by atomic mass is 10.00. The molecule has 1 aromatic rings. The van der Waals surface area contributed by atoms with E-state index in [-0.39, 0.29) is 17.9 Å². The third-order valence-electron chi connectivity index (χ3n) is 6.54. The van der Waals surface area contributed by atoms with Crippen LogP contribution in [-0.4, -0.2) is 96.8 Å². The van der Waals surface area contributed by atoms with Gasteiger partial charge in [-0.1, -0.05) is 29.3 Å². The summed E-state index contributed by atoms with van der Waals surface area (Å²) in [6, 6.07) is 5.56. The number of carbonyl (C=O) groups excluding carboxylic acids is 2. The number of halogens is 2. The molecular weight excluding hydrogens is 477 g/mol. The number of aliphatic hydroxyl groups excluding tert-OH is 1. The number of rotatable bonds is 9. The number of ether oxygens (including phenoxy) is 1. The van der Waals surface area contributed by atoms with E-state index in [0.29, 0.717) is 61.8 Å². The molecular formula is C25H35Cl2N3O4. The topological polar surface area (TPSA) is 73.3 Å². The van der Waals surface area contributed by atoms with E-state index in [1.54, 1.807) is 36.3 Å². The molecule has 0 radical (unpaired) electrons. The number of hydrogen-bond donors (Lipinski definition) is 1. The first-order valence-corrected chi connectivity index (χ1v) is 12.7. The van der Waals surface area contributed by atoms with E-state index < -0.39 is 0 Å². The van der Waals surface area contributed by atoms with Crippen molar-refractivity contribution in [3.8, 4) is 0 Å². The predicted octanol–water partition coefficient (Wildman–Crippen LogP) is 3.32. The quantitative estimate of drug-likeness (QED) is 0.406. The van der Waals surface area contributed by atoms with Crippen LogP contribution in [0.1, 0.15) is 37.7 Å². The van der Waals surface area contributed by atoms with Gasteiger partial charge in [-0.3, -0.25) is 14.5 Å². The molecule has 7 nitrogen and oxygen atoms in total. The van der Waals surface area contributed by atoms with Gasteiger partial charge < -0.3 is 19.6 Å². The molecule has 0 bridgehead atoms. The smallest absolute Gasteiger partial charge is 0.246 e. The first-order chi connectivity index (χ1) is 16.4. The zero-order chi connectivity index (χ0) is 24.5. The van der Waals surface area contributed by atoms with Gasteiger partial charge in [0, 0.05) is 58.4 Å². The van der Waals surface area contributed by atoms with Crippen LogP contribution in [0, 0.1) is 0 Å². The number of hydrogen-bond acceptors (Lipinski definition) is 5. The molecule has 1 N–H and O–H groups in total.